The maximum atomic E-state index is 12.8. The number of ketones is 1. The Hall–Kier alpha value is -1.93. The molecule has 0 radical (unpaired) electrons. The molecule has 0 bridgehead atoms. The summed E-state index contributed by atoms with van der Waals surface area (Å²) in [6.45, 7) is 1.19. The predicted molar refractivity (Wildman–Crippen MR) is 84.4 cm³/mol. The van der Waals surface area contributed by atoms with Gasteiger partial charge in [0.2, 0.25) is 5.78 Å². The molecule has 3 rings (SSSR count). The quantitative estimate of drug-likeness (QED) is 0.857. The lowest BCUT2D eigenvalue weighted by atomic mass is 10.1. The van der Waals surface area contributed by atoms with Crippen LogP contribution in [-0.2, 0) is 6.18 Å². The second kappa shape index (κ2) is 6.52. The van der Waals surface area contributed by atoms with Crippen LogP contribution < -0.4 is 4.90 Å². The van der Waals surface area contributed by atoms with E-state index in [-0.39, 0.29) is 10.4 Å². The van der Waals surface area contributed by atoms with Crippen molar-refractivity contribution in [2.45, 2.75) is 25.1 Å². The summed E-state index contributed by atoms with van der Waals surface area (Å²) in [5.41, 5.74) is -0.865. The molecule has 1 aromatic carbocycles. The van der Waals surface area contributed by atoms with E-state index in [1.165, 1.54) is 18.3 Å². The standard InChI is InChI=1S/C16H15F3N2O2S/c17-16(18,19)11-4-1-3-10(7-11)14(23)13-8-20-15(24-13)21-6-2-5-12(22)9-21/h1,3-4,7-8,12,22H,2,5-6,9H2. The first-order chi connectivity index (χ1) is 11.3. The molecule has 1 N–H and O–H groups in total. The second-order valence-electron chi connectivity index (χ2n) is 5.66. The van der Waals surface area contributed by atoms with Crippen molar-refractivity contribution in [1.29, 1.82) is 0 Å². The molecule has 1 unspecified atom stereocenters. The highest BCUT2D eigenvalue weighted by Crippen LogP contribution is 2.31. The molecule has 0 saturated carbocycles. The number of aromatic nitrogens is 1. The molecule has 24 heavy (non-hydrogen) atoms. The molecule has 1 atom stereocenters. The fourth-order valence-corrected chi connectivity index (χ4v) is 3.54. The van der Waals surface area contributed by atoms with Gasteiger partial charge in [-0.05, 0) is 25.0 Å². The molecule has 0 amide bonds. The third kappa shape index (κ3) is 3.59. The fraction of sp³-hybridized carbons (Fsp3) is 0.375. The summed E-state index contributed by atoms with van der Waals surface area (Å²) in [6.07, 6.45) is -1.97. The summed E-state index contributed by atoms with van der Waals surface area (Å²) in [7, 11) is 0. The Kier molecular flexibility index (Phi) is 4.60. The summed E-state index contributed by atoms with van der Waals surface area (Å²) in [5.74, 6) is -0.484. The van der Waals surface area contributed by atoms with Gasteiger partial charge in [0.1, 0.15) is 0 Å². The van der Waals surface area contributed by atoms with Crippen LogP contribution >= 0.6 is 11.3 Å². The van der Waals surface area contributed by atoms with E-state index in [0.29, 0.717) is 11.7 Å². The molecule has 0 spiro atoms. The number of carbonyl (C=O) groups excluding carboxylic acids is 1. The van der Waals surface area contributed by atoms with Gasteiger partial charge in [-0.1, -0.05) is 23.5 Å². The number of anilines is 1. The minimum Gasteiger partial charge on any atom is -0.391 e. The zero-order valence-electron chi connectivity index (χ0n) is 12.6. The van der Waals surface area contributed by atoms with Crippen LogP contribution in [0.25, 0.3) is 0 Å². The first-order valence-corrected chi connectivity index (χ1v) is 8.27. The number of piperidine rings is 1. The number of rotatable bonds is 3. The third-order valence-corrected chi connectivity index (χ3v) is 4.89. The zero-order valence-corrected chi connectivity index (χ0v) is 13.4. The molecule has 1 saturated heterocycles. The van der Waals surface area contributed by atoms with Crippen LogP contribution in [0.2, 0.25) is 0 Å². The molecular formula is C16H15F3N2O2S. The molecule has 1 aromatic heterocycles. The molecule has 1 aliphatic heterocycles. The Morgan fingerprint density at radius 2 is 2.17 bits per heavy atom. The summed E-state index contributed by atoms with van der Waals surface area (Å²) < 4.78 is 38.3. The normalized spacial score (nSPS) is 18.7. The monoisotopic (exact) mass is 356 g/mol. The van der Waals surface area contributed by atoms with Crippen molar-refractivity contribution in [3.05, 3.63) is 46.5 Å². The summed E-state index contributed by atoms with van der Waals surface area (Å²) in [6, 6.07) is 4.37. The molecule has 2 aromatic rings. The number of hydrogen-bond donors (Lipinski definition) is 1. The van der Waals surface area contributed by atoms with E-state index in [0.717, 1.165) is 42.9 Å². The second-order valence-corrected chi connectivity index (χ2v) is 6.67. The number of aliphatic hydroxyl groups excluding tert-OH is 1. The van der Waals surface area contributed by atoms with Crippen LogP contribution in [0.5, 0.6) is 0 Å². The van der Waals surface area contributed by atoms with Crippen molar-refractivity contribution in [2.75, 3.05) is 18.0 Å². The number of benzene rings is 1. The van der Waals surface area contributed by atoms with Crippen molar-refractivity contribution < 1.29 is 23.1 Å². The third-order valence-electron chi connectivity index (χ3n) is 3.84. The first kappa shape index (κ1) is 16.9. The number of halogens is 3. The number of nitrogens with zero attached hydrogens (tertiary/aromatic N) is 2. The molecular weight excluding hydrogens is 341 g/mol. The lowest BCUT2D eigenvalue weighted by molar-refractivity contribution is -0.137. The van der Waals surface area contributed by atoms with Gasteiger partial charge in [0.15, 0.2) is 5.13 Å². The van der Waals surface area contributed by atoms with Crippen LogP contribution in [0.4, 0.5) is 18.3 Å². The van der Waals surface area contributed by atoms with Crippen molar-refractivity contribution >= 4 is 22.3 Å². The van der Waals surface area contributed by atoms with Gasteiger partial charge in [-0.3, -0.25) is 4.79 Å². The summed E-state index contributed by atoms with van der Waals surface area (Å²) in [5, 5.41) is 10.3. The minimum absolute atomic E-state index is 0.0151. The van der Waals surface area contributed by atoms with E-state index in [1.54, 1.807) is 0 Å². The highest BCUT2D eigenvalue weighted by atomic mass is 32.1. The van der Waals surface area contributed by atoms with Crippen molar-refractivity contribution in [3.63, 3.8) is 0 Å². The average molecular weight is 356 g/mol. The van der Waals surface area contributed by atoms with Gasteiger partial charge >= 0.3 is 6.18 Å². The number of alkyl halides is 3. The Morgan fingerprint density at radius 3 is 2.88 bits per heavy atom. The lowest BCUT2D eigenvalue weighted by Gasteiger charge is -2.29. The SMILES string of the molecule is O=C(c1cccc(C(F)(F)F)c1)c1cnc(N2CCCC(O)C2)s1. The van der Waals surface area contributed by atoms with Gasteiger partial charge in [0.05, 0.1) is 22.7 Å². The number of hydrogen-bond acceptors (Lipinski definition) is 5. The van der Waals surface area contributed by atoms with Crippen LogP contribution in [0.15, 0.2) is 30.5 Å². The Morgan fingerprint density at radius 1 is 1.38 bits per heavy atom. The van der Waals surface area contributed by atoms with Gasteiger partial charge in [0.25, 0.3) is 0 Å². The Labute approximate surface area is 140 Å². The number of carbonyl (C=O) groups is 1. The summed E-state index contributed by atoms with van der Waals surface area (Å²) >= 11 is 1.13. The van der Waals surface area contributed by atoms with E-state index in [4.69, 9.17) is 0 Å². The summed E-state index contributed by atoms with van der Waals surface area (Å²) in [4.78, 5) is 18.8. The first-order valence-electron chi connectivity index (χ1n) is 7.45. The van der Waals surface area contributed by atoms with Crippen LogP contribution in [0.3, 0.4) is 0 Å². The highest BCUT2D eigenvalue weighted by molar-refractivity contribution is 7.17. The van der Waals surface area contributed by atoms with Crippen molar-refractivity contribution in [3.8, 4) is 0 Å². The smallest absolute Gasteiger partial charge is 0.391 e. The van der Waals surface area contributed by atoms with Gasteiger partial charge in [-0.2, -0.15) is 13.2 Å². The average Bonchev–Trinajstić information content (AvgIpc) is 3.03. The van der Waals surface area contributed by atoms with Crippen LogP contribution in [0.1, 0.15) is 33.6 Å². The van der Waals surface area contributed by atoms with Gasteiger partial charge in [-0.25, -0.2) is 4.98 Å². The number of thiazole rings is 1. The van der Waals surface area contributed by atoms with Gasteiger partial charge in [0, 0.05) is 18.7 Å². The van der Waals surface area contributed by atoms with E-state index in [1.807, 2.05) is 4.90 Å². The van der Waals surface area contributed by atoms with Crippen LogP contribution in [0, 0.1) is 0 Å². The maximum absolute atomic E-state index is 12.8. The number of β-amino-alcohol motifs (C(OH)–C–C–N with tert-alkyl or cyclic N) is 1. The fourth-order valence-electron chi connectivity index (χ4n) is 2.62. The molecule has 8 heteroatoms. The Balaban J connectivity index is 1.81. The van der Waals surface area contributed by atoms with Crippen LogP contribution in [-0.4, -0.2) is 35.1 Å². The lowest BCUT2D eigenvalue weighted by Crippen LogP contribution is -2.38. The highest BCUT2D eigenvalue weighted by Gasteiger charge is 2.31. The molecule has 4 nitrogen and oxygen atoms in total. The van der Waals surface area contributed by atoms with Gasteiger partial charge in [-0.15, -0.1) is 0 Å². The van der Waals surface area contributed by atoms with E-state index in [2.05, 4.69) is 4.98 Å². The number of aliphatic hydroxyl groups is 1. The zero-order chi connectivity index (χ0) is 17.3. The molecule has 2 heterocycles. The molecule has 1 fully saturated rings. The van der Waals surface area contributed by atoms with Crippen molar-refractivity contribution in [2.24, 2.45) is 0 Å². The van der Waals surface area contributed by atoms with E-state index >= 15 is 0 Å². The maximum Gasteiger partial charge on any atom is 0.416 e. The predicted octanol–water partition coefficient (Wildman–Crippen LogP) is 3.35. The molecule has 1 aliphatic rings. The molecule has 0 aliphatic carbocycles. The van der Waals surface area contributed by atoms with Crippen molar-refractivity contribution in [1.82, 2.24) is 4.98 Å². The Bertz CT molecular complexity index is 745. The topological polar surface area (TPSA) is 53.4 Å². The minimum atomic E-state index is -4.49. The van der Waals surface area contributed by atoms with E-state index in [9.17, 15) is 23.1 Å². The van der Waals surface area contributed by atoms with E-state index < -0.39 is 23.6 Å². The molecule has 128 valence electrons. The largest absolute Gasteiger partial charge is 0.416 e. The van der Waals surface area contributed by atoms with Gasteiger partial charge < -0.3 is 10.0 Å².